The first-order chi connectivity index (χ1) is 17.0. The van der Waals surface area contributed by atoms with E-state index in [0.29, 0.717) is 16.9 Å². The second-order valence-corrected chi connectivity index (χ2v) is 8.64. The number of hydrogen-bond acceptors (Lipinski definition) is 5. The summed E-state index contributed by atoms with van der Waals surface area (Å²) in [6, 6.07) is 14.6. The van der Waals surface area contributed by atoms with Gasteiger partial charge < -0.3 is 10.6 Å². The van der Waals surface area contributed by atoms with E-state index in [1.54, 1.807) is 73.2 Å². The summed E-state index contributed by atoms with van der Waals surface area (Å²) >= 11 is 0. The number of nitrogens with one attached hydrogen (secondary N) is 2. The summed E-state index contributed by atoms with van der Waals surface area (Å²) in [7, 11) is 0. The van der Waals surface area contributed by atoms with Crippen LogP contribution >= 0.6 is 0 Å². The van der Waals surface area contributed by atoms with E-state index in [0.717, 1.165) is 25.7 Å². The number of carbonyl (C=O) groups is 3. The Morgan fingerprint density at radius 2 is 1.63 bits per heavy atom. The Labute approximate surface area is 204 Å². The number of hydrogen-bond donors (Lipinski definition) is 2. The molecule has 1 saturated carbocycles. The summed E-state index contributed by atoms with van der Waals surface area (Å²) in [5, 5.41) is 5.91. The van der Waals surface area contributed by atoms with E-state index in [2.05, 4.69) is 20.6 Å². The van der Waals surface area contributed by atoms with Crippen LogP contribution in [0.15, 0.2) is 73.2 Å². The van der Waals surface area contributed by atoms with Crippen molar-refractivity contribution in [2.75, 3.05) is 10.2 Å². The normalized spacial score (nSPS) is 14.5. The van der Waals surface area contributed by atoms with Gasteiger partial charge in [-0.05, 0) is 66.9 Å². The van der Waals surface area contributed by atoms with Crippen LogP contribution < -0.4 is 15.5 Å². The molecule has 3 amide bonds. The minimum absolute atomic E-state index is 0.0783. The van der Waals surface area contributed by atoms with E-state index in [9.17, 15) is 14.4 Å². The molecule has 2 N–H and O–H groups in total. The minimum atomic E-state index is -0.930. The molecule has 8 nitrogen and oxygen atoms in total. The third-order valence-electron chi connectivity index (χ3n) is 6.05. The van der Waals surface area contributed by atoms with Crippen LogP contribution in [0.5, 0.6) is 0 Å². The largest absolute Gasteiger partial charge is 0.351 e. The van der Waals surface area contributed by atoms with Crippen molar-refractivity contribution in [2.45, 2.75) is 51.1 Å². The lowest BCUT2D eigenvalue weighted by molar-refractivity contribution is -0.123. The molecule has 0 aliphatic heterocycles. The Kier molecular flexibility index (Phi) is 7.82. The summed E-state index contributed by atoms with van der Waals surface area (Å²) in [5.41, 5.74) is 1.97. The molecule has 0 spiro atoms. The first kappa shape index (κ1) is 24.1. The smallest absolute Gasteiger partial charge is 0.277 e. The van der Waals surface area contributed by atoms with Crippen molar-refractivity contribution < 1.29 is 14.4 Å². The molecule has 180 valence electrons. The van der Waals surface area contributed by atoms with Gasteiger partial charge in [-0.3, -0.25) is 29.3 Å². The fraction of sp³-hybridized carbons (Fsp3) is 0.296. The molecule has 0 bridgehead atoms. The zero-order valence-electron chi connectivity index (χ0n) is 19.7. The Balaban J connectivity index is 1.76. The number of amides is 3. The van der Waals surface area contributed by atoms with Crippen molar-refractivity contribution in [1.29, 1.82) is 0 Å². The van der Waals surface area contributed by atoms with E-state index in [4.69, 9.17) is 0 Å². The van der Waals surface area contributed by atoms with Crippen molar-refractivity contribution in [1.82, 2.24) is 15.3 Å². The van der Waals surface area contributed by atoms with Gasteiger partial charge in [-0.2, -0.15) is 0 Å². The monoisotopic (exact) mass is 471 g/mol. The van der Waals surface area contributed by atoms with Crippen LogP contribution in [0.1, 0.15) is 61.1 Å². The molecule has 2 heterocycles. The number of carbonyl (C=O) groups excluding carboxylic acids is 3. The molecule has 1 fully saturated rings. The van der Waals surface area contributed by atoms with Crippen LogP contribution in [0.3, 0.4) is 0 Å². The molecule has 1 atom stereocenters. The first-order valence-electron chi connectivity index (χ1n) is 11.9. The van der Waals surface area contributed by atoms with Gasteiger partial charge in [-0.25, -0.2) is 0 Å². The van der Waals surface area contributed by atoms with Gasteiger partial charge in [0.05, 0.1) is 0 Å². The zero-order chi connectivity index (χ0) is 24.6. The van der Waals surface area contributed by atoms with Gasteiger partial charge in [0.25, 0.3) is 5.91 Å². The summed E-state index contributed by atoms with van der Waals surface area (Å²) in [5.74, 6) is -0.850. The topological polar surface area (TPSA) is 104 Å². The molecule has 0 saturated heterocycles. The van der Waals surface area contributed by atoms with E-state index in [1.807, 2.05) is 0 Å². The lowest BCUT2D eigenvalue weighted by Gasteiger charge is -2.33. The molecule has 1 aromatic carbocycles. The van der Waals surface area contributed by atoms with Crippen LogP contribution in [-0.2, 0) is 9.59 Å². The minimum Gasteiger partial charge on any atom is -0.351 e. The summed E-state index contributed by atoms with van der Waals surface area (Å²) in [6.07, 6.45) is 9.94. The molecule has 2 aromatic heterocycles. The lowest BCUT2D eigenvalue weighted by Crippen LogP contribution is -2.47. The molecular weight excluding hydrogens is 442 g/mol. The second kappa shape index (κ2) is 11.4. The first-order valence-corrected chi connectivity index (χ1v) is 11.9. The van der Waals surface area contributed by atoms with Gasteiger partial charge in [0.1, 0.15) is 11.7 Å². The van der Waals surface area contributed by atoms with E-state index in [1.165, 1.54) is 18.2 Å². The SMILES string of the molecule is CC(=O)Nc1ccc(N(C(=O)c2ccccn2)C(C(=O)NC2CCCCC2)c2ccncc2)cc1. The fourth-order valence-corrected chi connectivity index (χ4v) is 4.40. The highest BCUT2D eigenvalue weighted by Gasteiger charge is 2.35. The van der Waals surface area contributed by atoms with Gasteiger partial charge in [0.15, 0.2) is 0 Å². The van der Waals surface area contributed by atoms with Gasteiger partial charge in [0.2, 0.25) is 11.8 Å². The fourth-order valence-electron chi connectivity index (χ4n) is 4.40. The number of benzene rings is 1. The van der Waals surface area contributed by atoms with E-state index >= 15 is 0 Å². The highest BCUT2D eigenvalue weighted by molar-refractivity contribution is 6.09. The molecule has 3 aromatic rings. The Morgan fingerprint density at radius 3 is 2.26 bits per heavy atom. The zero-order valence-corrected chi connectivity index (χ0v) is 19.7. The van der Waals surface area contributed by atoms with Crippen LogP contribution in [0.4, 0.5) is 11.4 Å². The molecular formula is C27H29N5O3. The number of aromatic nitrogens is 2. The molecule has 0 radical (unpaired) electrons. The van der Waals surface area contributed by atoms with E-state index < -0.39 is 11.9 Å². The Hall–Kier alpha value is -4.07. The van der Waals surface area contributed by atoms with Gasteiger partial charge in [0, 0.05) is 42.9 Å². The second-order valence-electron chi connectivity index (χ2n) is 8.64. The predicted octanol–water partition coefficient (Wildman–Crippen LogP) is 4.27. The van der Waals surface area contributed by atoms with Crippen molar-refractivity contribution in [3.63, 3.8) is 0 Å². The average molecular weight is 472 g/mol. The maximum Gasteiger partial charge on any atom is 0.277 e. The molecule has 4 rings (SSSR count). The van der Waals surface area contributed by atoms with Crippen LogP contribution in [-0.4, -0.2) is 33.7 Å². The quantitative estimate of drug-likeness (QED) is 0.535. The van der Waals surface area contributed by atoms with Crippen molar-refractivity contribution in [3.05, 3.63) is 84.4 Å². The third-order valence-corrected chi connectivity index (χ3v) is 6.05. The van der Waals surface area contributed by atoms with Crippen LogP contribution in [0.2, 0.25) is 0 Å². The maximum atomic E-state index is 13.8. The maximum absolute atomic E-state index is 13.8. The number of anilines is 2. The van der Waals surface area contributed by atoms with Crippen molar-refractivity contribution >= 4 is 29.1 Å². The van der Waals surface area contributed by atoms with Crippen molar-refractivity contribution in [2.24, 2.45) is 0 Å². The van der Waals surface area contributed by atoms with Crippen molar-refractivity contribution in [3.8, 4) is 0 Å². The highest BCUT2D eigenvalue weighted by Crippen LogP contribution is 2.31. The molecule has 8 heteroatoms. The van der Waals surface area contributed by atoms with Crippen LogP contribution in [0.25, 0.3) is 0 Å². The molecule has 1 aliphatic carbocycles. The van der Waals surface area contributed by atoms with Gasteiger partial charge in [-0.15, -0.1) is 0 Å². The molecule has 1 unspecified atom stereocenters. The molecule has 35 heavy (non-hydrogen) atoms. The summed E-state index contributed by atoms with van der Waals surface area (Å²) in [6.45, 7) is 1.43. The average Bonchev–Trinajstić information content (AvgIpc) is 2.88. The van der Waals surface area contributed by atoms with Gasteiger partial charge >= 0.3 is 0 Å². The Bertz CT molecular complexity index is 1150. The summed E-state index contributed by atoms with van der Waals surface area (Å²) in [4.78, 5) is 48.8. The van der Waals surface area contributed by atoms with Crippen LogP contribution in [0, 0.1) is 0 Å². The third kappa shape index (κ3) is 6.09. The predicted molar refractivity (Wildman–Crippen MR) is 134 cm³/mol. The van der Waals surface area contributed by atoms with E-state index in [-0.39, 0.29) is 23.6 Å². The number of pyridine rings is 2. The highest BCUT2D eigenvalue weighted by atomic mass is 16.2. The lowest BCUT2D eigenvalue weighted by atomic mass is 9.94. The standard InChI is InChI=1S/C27H29N5O3/c1-19(33)30-22-10-12-23(13-11-22)32(27(35)24-9-5-6-16-29-24)25(20-14-17-28-18-15-20)26(34)31-21-7-3-2-4-8-21/h5-6,9-18,21,25H,2-4,7-8H2,1H3,(H,30,33)(H,31,34). The Morgan fingerprint density at radius 1 is 0.914 bits per heavy atom. The molecule has 1 aliphatic rings. The number of rotatable bonds is 7. The van der Waals surface area contributed by atoms with Gasteiger partial charge in [-0.1, -0.05) is 25.3 Å². The summed E-state index contributed by atoms with van der Waals surface area (Å²) < 4.78 is 0. The number of nitrogens with zero attached hydrogens (tertiary/aromatic N) is 3.